The van der Waals surface area contributed by atoms with Gasteiger partial charge in [0, 0.05) is 38.0 Å². The zero-order valence-corrected chi connectivity index (χ0v) is 21.3. The van der Waals surface area contributed by atoms with Crippen LogP contribution in [0.15, 0.2) is 6.20 Å². The van der Waals surface area contributed by atoms with Gasteiger partial charge in [-0.2, -0.15) is 4.98 Å². The molecule has 0 spiro atoms. The molecule has 2 fully saturated rings. The average molecular weight is 475 g/mol. The molecular formula is C26H46N6O2. The molecule has 4 N–H and O–H groups in total. The summed E-state index contributed by atoms with van der Waals surface area (Å²) in [5.74, 6) is 1.54. The van der Waals surface area contributed by atoms with Crippen molar-refractivity contribution in [2.24, 2.45) is 5.92 Å². The minimum atomic E-state index is -0.113. The van der Waals surface area contributed by atoms with Crippen LogP contribution in [0.5, 0.6) is 0 Å². The molecule has 1 amide bonds. The Morgan fingerprint density at radius 1 is 1.18 bits per heavy atom. The normalized spacial score (nSPS) is 18.7. The van der Waals surface area contributed by atoms with E-state index in [1.54, 1.807) is 6.20 Å². The minimum Gasteiger partial charge on any atom is -0.396 e. The third-order valence-corrected chi connectivity index (χ3v) is 7.43. The number of nitrogens with one attached hydrogen (secondary N) is 3. The molecule has 192 valence electrons. The summed E-state index contributed by atoms with van der Waals surface area (Å²) in [4.78, 5) is 24.9. The van der Waals surface area contributed by atoms with Crippen molar-refractivity contribution in [1.29, 1.82) is 0 Å². The van der Waals surface area contributed by atoms with Crippen LogP contribution in [0, 0.1) is 5.92 Å². The Morgan fingerprint density at radius 2 is 1.94 bits per heavy atom. The monoisotopic (exact) mass is 474 g/mol. The fraction of sp³-hybridized carbons (Fsp3) is 0.808. The summed E-state index contributed by atoms with van der Waals surface area (Å²) < 4.78 is 0. The Balaban J connectivity index is 1.58. The van der Waals surface area contributed by atoms with E-state index in [0.717, 1.165) is 70.6 Å². The molecule has 1 saturated heterocycles. The van der Waals surface area contributed by atoms with E-state index >= 15 is 0 Å². The summed E-state index contributed by atoms with van der Waals surface area (Å²) in [5, 5.41) is 19.1. The van der Waals surface area contributed by atoms with E-state index in [2.05, 4.69) is 44.7 Å². The first kappa shape index (κ1) is 26.7. The predicted octanol–water partition coefficient (Wildman–Crippen LogP) is 4.04. The summed E-state index contributed by atoms with van der Waals surface area (Å²) in [6.07, 6.45) is 14.0. The van der Waals surface area contributed by atoms with E-state index in [4.69, 9.17) is 0 Å². The molecule has 1 aliphatic heterocycles. The number of piperidine rings is 1. The lowest BCUT2D eigenvalue weighted by Gasteiger charge is -2.36. The summed E-state index contributed by atoms with van der Waals surface area (Å²) in [7, 11) is 0. The second-order valence-electron chi connectivity index (χ2n) is 9.98. The van der Waals surface area contributed by atoms with Crippen LogP contribution in [0.1, 0.15) is 94.8 Å². The number of hydrogen-bond acceptors (Lipinski definition) is 7. The van der Waals surface area contributed by atoms with Gasteiger partial charge in [-0.3, -0.25) is 4.79 Å². The molecule has 0 radical (unpaired) electrons. The number of aromatic nitrogens is 2. The van der Waals surface area contributed by atoms with E-state index < -0.39 is 0 Å². The molecule has 3 rings (SSSR count). The highest BCUT2D eigenvalue weighted by atomic mass is 16.3. The Morgan fingerprint density at radius 3 is 2.62 bits per heavy atom. The lowest BCUT2D eigenvalue weighted by molar-refractivity contribution is 0.0925. The van der Waals surface area contributed by atoms with Crippen LogP contribution in [0.25, 0.3) is 0 Å². The number of carbonyl (C=O) groups is 1. The van der Waals surface area contributed by atoms with Crippen LogP contribution in [0.2, 0.25) is 0 Å². The number of nitrogens with zero attached hydrogens (tertiary/aromatic N) is 3. The van der Waals surface area contributed by atoms with Crippen LogP contribution in [-0.4, -0.2) is 70.8 Å². The Hall–Kier alpha value is -1.93. The average Bonchev–Trinajstić information content (AvgIpc) is 3.41. The van der Waals surface area contributed by atoms with Gasteiger partial charge in [0.1, 0.15) is 11.4 Å². The molecule has 1 aromatic rings. The Bertz CT molecular complexity index is 732. The second kappa shape index (κ2) is 14.5. The highest BCUT2D eigenvalue weighted by Gasteiger charge is 2.27. The molecule has 1 saturated carbocycles. The molecule has 1 aliphatic carbocycles. The maximum absolute atomic E-state index is 13.1. The number of aliphatic hydroxyl groups is 1. The third-order valence-electron chi connectivity index (χ3n) is 7.43. The number of likely N-dealkylation sites (tertiary alicyclic amines) is 1. The maximum atomic E-state index is 13.1. The van der Waals surface area contributed by atoms with Crippen molar-refractivity contribution in [3.05, 3.63) is 11.8 Å². The highest BCUT2D eigenvalue weighted by Crippen LogP contribution is 2.27. The molecule has 1 atom stereocenters. The molecule has 0 aromatic carbocycles. The first-order valence-corrected chi connectivity index (χ1v) is 13.6. The Kier molecular flexibility index (Phi) is 11.3. The first-order valence-electron chi connectivity index (χ1n) is 13.6. The smallest absolute Gasteiger partial charge is 0.256 e. The van der Waals surface area contributed by atoms with Gasteiger partial charge >= 0.3 is 0 Å². The van der Waals surface area contributed by atoms with Gasteiger partial charge in [-0.1, -0.05) is 33.1 Å². The fourth-order valence-electron chi connectivity index (χ4n) is 5.15. The van der Waals surface area contributed by atoms with E-state index in [1.165, 1.54) is 25.7 Å². The lowest BCUT2D eigenvalue weighted by atomic mass is 9.95. The predicted molar refractivity (Wildman–Crippen MR) is 138 cm³/mol. The molecule has 1 unspecified atom stereocenters. The van der Waals surface area contributed by atoms with Crippen molar-refractivity contribution in [2.75, 3.05) is 43.4 Å². The standard InChI is InChI=1S/C26H46N6O2/c1-3-5-14-27-26-29-19-23(24(31-26)30-21(4-2)9-8-17-33)25(34)28-18-20-12-15-32(16-13-20)22-10-6-7-11-22/h19-22,33H,3-18H2,1-2H3,(H,28,34)(H2,27,29,30,31). The largest absolute Gasteiger partial charge is 0.396 e. The van der Waals surface area contributed by atoms with Gasteiger partial charge in [-0.25, -0.2) is 4.98 Å². The SMILES string of the molecule is CCCCNc1ncc(C(=O)NCC2CCN(C3CCCC3)CC2)c(NC(CC)CCCO)n1. The maximum Gasteiger partial charge on any atom is 0.256 e. The summed E-state index contributed by atoms with van der Waals surface area (Å²) in [6.45, 7) is 8.24. The van der Waals surface area contributed by atoms with Crippen molar-refractivity contribution in [1.82, 2.24) is 20.2 Å². The zero-order valence-electron chi connectivity index (χ0n) is 21.3. The lowest BCUT2D eigenvalue weighted by Crippen LogP contribution is -2.42. The summed E-state index contributed by atoms with van der Waals surface area (Å²) >= 11 is 0. The van der Waals surface area contributed by atoms with Crippen LogP contribution >= 0.6 is 0 Å². The number of anilines is 2. The van der Waals surface area contributed by atoms with Gasteiger partial charge < -0.3 is 26.0 Å². The molecule has 8 heteroatoms. The topological polar surface area (TPSA) is 102 Å². The molecule has 0 bridgehead atoms. The van der Waals surface area contributed by atoms with Gasteiger partial charge in [-0.05, 0) is 70.4 Å². The van der Waals surface area contributed by atoms with Crippen molar-refractivity contribution in [2.45, 2.75) is 96.6 Å². The van der Waals surface area contributed by atoms with Crippen LogP contribution in [0.3, 0.4) is 0 Å². The van der Waals surface area contributed by atoms with Crippen molar-refractivity contribution >= 4 is 17.7 Å². The van der Waals surface area contributed by atoms with Gasteiger partial charge in [0.05, 0.1) is 0 Å². The number of hydrogen-bond donors (Lipinski definition) is 4. The van der Waals surface area contributed by atoms with Gasteiger partial charge in [0.2, 0.25) is 5.95 Å². The van der Waals surface area contributed by atoms with Gasteiger partial charge in [0.25, 0.3) is 5.91 Å². The molecule has 2 aliphatic rings. The van der Waals surface area contributed by atoms with Crippen LogP contribution in [0.4, 0.5) is 11.8 Å². The summed E-state index contributed by atoms with van der Waals surface area (Å²) in [6, 6.07) is 0.945. The molecular weight excluding hydrogens is 428 g/mol. The number of carbonyl (C=O) groups excluding carboxylic acids is 1. The zero-order chi connectivity index (χ0) is 24.2. The second-order valence-corrected chi connectivity index (χ2v) is 9.98. The molecule has 34 heavy (non-hydrogen) atoms. The van der Waals surface area contributed by atoms with E-state index in [-0.39, 0.29) is 18.6 Å². The van der Waals surface area contributed by atoms with E-state index in [1.807, 2.05) is 0 Å². The molecule has 2 heterocycles. The molecule has 8 nitrogen and oxygen atoms in total. The number of unbranched alkanes of at least 4 members (excludes halogenated alkanes) is 1. The quantitative estimate of drug-likeness (QED) is 0.302. The van der Waals surface area contributed by atoms with E-state index in [9.17, 15) is 9.90 Å². The van der Waals surface area contributed by atoms with Crippen molar-refractivity contribution in [3.63, 3.8) is 0 Å². The minimum absolute atomic E-state index is 0.113. The highest BCUT2D eigenvalue weighted by molar-refractivity contribution is 5.98. The number of amides is 1. The Labute approximate surface area is 205 Å². The number of aliphatic hydroxyl groups excluding tert-OH is 1. The van der Waals surface area contributed by atoms with Gasteiger partial charge in [0.15, 0.2) is 0 Å². The molecule has 1 aromatic heterocycles. The third kappa shape index (κ3) is 8.08. The first-order chi connectivity index (χ1) is 16.6. The van der Waals surface area contributed by atoms with Crippen molar-refractivity contribution in [3.8, 4) is 0 Å². The van der Waals surface area contributed by atoms with Crippen molar-refractivity contribution < 1.29 is 9.90 Å². The van der Waals surface area contributed by atoms with Crippen LogP contribution < -0.4 is 16.0 Å². The van der Waals surface area contributed by atoms with Crippen LogP contribution in [-0.2, 0) is 0 Å². The summed E-state index contributed by atoms with van der Waals surface area (Å²) in [5.41, 5.74) is 0.492. The number of rotatable bonds is 14. The van der Waals surface area contributed by atoms with E-state index in [0.29, 0.717) is 29.8 Å². The van der Waals surface area contributed by atoms with Gasteiger partial charge in [-0.15, -0.1) is 0 Å². The fourth-order valence-corrected chi connectivity index (χ4v) is 5.15.